The smallest absolute Gasteiger partial charge is 0.348 e. The first kappa shape index (κ1) is 13.8. The van der Waals surface area contributed by atoms with Crippen molar-refractivity contribution < 1.29 is 13.9 Å². The van der Waals surface area contributed by atoms with Gasteiger partial charge < -0.3 is 9.15 Å². The third-order valence-electron chi connectivity index (χ3n) is 2.62. The van der Waals surface area contributed by atoms with Crippen LogP contribution in [0.25, 0.3) is 11.5 Å². The van der Waals surface area contributed by atoms with Crippen molar-refractivity contribution in [3.8, 4) is 11.5 Å². The van der Waals surface area contributed by atoms with Gasteiger partial charge in [0.15, 0.2) is 6.61 Å². The second-order valence-electron chi connectivity index (χ2n) is 4.03. The highest BCUT2D eigenvalue weighted by Gasteiger charge is 2.14. The van der Waals surface area contributed by atoms with E-state index in [0.29, 0.717) is 21.4 Å². The molecule has 0 amide bonds. The van der Waals surface area contributed by atoms with Crippen molar-refractivity contribution in [2.45, 2.75) is 6.61 Å². The molecule has 3 aromatic rings. The fourth-order valence-corrected chi connectivity index (χ4v) is 2.48. The Morgan fingerprint density at radius 2 is 2.10 bits per heavy atom. The second-order valence-corrected chi connectivity index (χ2v) is 5.39. The Bertz CT molecular complexity index is 755. The van der Waals surface area contributed by atoms with Gasteiger partial charge in [0.1, 0.15) is 4.88 Å². The predicted molar refractivity (Wildman–Crippen MR) is 78.2 cm³/mol. The minimum Gasteiger partial charge on any atom is -0.451 e. The number of benzene rings is 1. The molecular weight excluding hydrogens is 312 g/mol. The summed E-state index contributed by atoms with van der Waals surface area (Å²) in [6.45, 7) is -0.0752. The number of hydrogen-bond acceptors (Lipinski definition) is 6. The lowest BCUT2D eigenvalue weighted by Gasteiger charge is -1.99. The van der Waals surface area contributed by atoms with Gasteiger partial charge in [-0.25, -0.2) is 4.79 Å². The molecule has 0 aliphatic heterocycles. The molecule has 5 nitrogen and oxygen atoms in total. The first-order valence-electron chi connectivity index (χ1n) is 6.02. The van der Waals surface area contributed by atoms with Crippen LogP contribution in [0, 0.1) is 0 Å². The van der Waals surface area contributed by atoms with Crippen LogP contribution in [-0.4, -0.2) is 16.2 Å². The third-order valence-corrected chi connectivity index (χ3v) is 3.80. The van der Waals surface area contributed by atoms with Gasteiger partial charge in [-0.15, -0.1) is 21.5 Å². The Hall–Kier alpha value is -2.18. The molecular formula is C14H9ClN2O3S. The summed E-state index contributed by atoms with van der Waals surface area (Å²) >= 11 is 7.36. The SMILES string of the molecule is O=C(OCc1nnc(-c2ccccc2Cl)o1)c1cccs1. The number of thiophene rings is 1. The highest BCUT2D eigenvalue weighted by atomic mass is 35.5. The zero-order valence-electron chi connectivity index (χ0n) is 10.7. The highest BCUT2D eigenvalue weighted by Crippen LogP contribution is 2.26. The van der Waals surface area contributed by atoms with Gasteiger partial charge in [0.25, 0.3) is 5.89 Å². The van der Waals surface area contributed by atoms with E-state index in [-0.39, 0.29) is 12.5 Å². The molecule has 0 aliphatic rings. The van der Waals surface area contributed by atoms with Crippen LogP contribution in [0.5, 0.6) is 0 Å². The third kappa shape index (κ3) is 3.12. The number of carbonyl (C=O) groups excluding carboxylic acids is 1. The Labute approximate surface area is 129 Å². The largest absolute Gasteiger partial charge is 0.451 e. The Morgan fingerprint density at radius 1 is 1.24 bits per heavy atom. The van der Waals surface area contributed by atoms with Crippen LogP contribution in [0.15, 0.2) is 46.2 Å². The van der Waals surface area contributed by atoms with Gasteiger partial charge in [-0.3, -0.25) is 0 Å². The summed E-state index contributed by atoms with van der Waals surface area (Å²) in [7, 11) is 0. The van der Waals surface area contributed by atoms with Crippen LogP contribution in [0.4, 0.5) is 0 Å². The van der Waals surface area contributed by atoms with Crippen LogP contribution in [0.1, 0.15) is 15.6 Å². The van der Waals surface area contributed by atoms with Gasteiger partial charge in [-0.05, 0) is 23.6 Å². The van der Waals surface area contributed by atoms with Crippen LogP contribution in [-0.2, 0) is 11.3 Å². The van der Waals surface area contributed by atoms with E-state index in [0.717, 1.165) is 0 Å². The van der Waals surface area contributed by atoms with Gasteiger partial charge in [0.05, 0.1) is 10.6 Å². The summed E-state index contributed by atoms with van der Waals surface area (Å²) < 4.78 is 10.5. The minimum absolute atomic E-state index is 0.0752. The number of hydrogen-bond donors (Lipinski definition) is 0. The maximum atomic E-state index is 11.7. The quantitative estimate of drug-likeness (QED) is 0.684. The van der Waals surface area contributed by atoms with Crippen LogP contribution in [0.3, 0.4) is 0 Å². The zero-order chi connectivity index (χ0) is 14.7. The average molecular weight is 321 g/mol. The van der Waals surface area contributed by atoms with Gasteiger partial charge in [0.2, 0.25) is 5.89 Å². The number of nitrogens with zero attached hydrogens (tertiary/aromatic N) is 2. The normalized spacial score (nSPS) is 10.5. The van der Waals surface area contributed by atoms with Crippen molar-refractivity contribution in [2.75, 3.05) is 0 Å². The molecule has 0 spiro atoms. The molecule has 0 saturated carbocycles. The maximum Gasteiger partial charge on any atom is 0.348 e. The lowest BCUT2D eigenvalue weighted by molar-refractivity contribution is 0.0444. The molecule has 0 unspecified atom stereocenters. The maximum absolute atomic E-state index is 11.7. The fourth-order valence-electron chi connectivity index (χ4n) is 1.65. The van der Waals surface area contributed by atoms with Gasteiger partial charge in [0, 0.05) is 0 Å². The lowest BCUT2D eigenvalue weighted by atomic mass is 10.2. The van der Waals surface area contributed by atoms with E-state index in [2.05, 4.69) is 10.2 Å². The molecule has 0 bridgehead atoms. The molecule has 0 radical (unpaired) electrons. The van der Waals surface area contributed by atoms with Gasteiger partial charge in [-0.1, -0.05) is 29.8 Å². The molecule has 7 heteroatoms. The van der Waals surface area contributed by atoms with Gasteiger partial charge in [-0.2, -0.15) is 0 Å². The van der Waals surface area contributed by atoms with E-state index in [1.165, 1.54) is 11.3 Å². The van der Waals surface area contributed by atoms with Crippen LogP contribution < -0.4 is 0 Å². The summed E-state index contributed by atoms with van der Waals surface area (Å²) in [5, 5.41) is 10.1. The van der Waals surface area contributed by atoms with E-state index < -0.39 is 5.97 Å². The molecule has 21 heavy (non-hydrogen) atoms. The molecule has 2 aromatic heterocycles. The van der Waals surface area contributed by atoms with E-state index in [1.54, 1.807) is 29.6 Å². The van der Waals surface area contributed by atoms with E-state index >= 15 is 0 Å². The number of aromatic nitrogens is 2. The number of halogens is 1. The molecule has 106 valence electrons. The standard InChI is InChI=1S/C14H9ClN2O3S/c15-10-5-2-1-4-9(10)13-17-16-12(20-13)8-19-14(18)11-6-3-7-21-11/h1-7H,8H2. The van der Waals surface area contributed by atoms with Crippen LogP contribution >= 0.6 is 22.9 Å². The number of ether oxygens (including phenoxy) is 1. The molecule has 3 rings (SSSR count). The summed E-state index contributed by atoms with van der Waals surface area (Å²) in [6.07, 6.45) is 0. The first-order chi connectivity index (χ1) is 10.2. The number of esters is 1. The summed E-state index contributed by atoms with van der Waals surface area (Å²) in [4.78, 5) is 12.2. The van der Waals surface area contributed by atoms with Crippen LogP contribution in [0.2, 0.25) is 5.02 Å². The molecule has 1 aromatic carbocycles. The molecule has 0 aliphatic carbocycles. The topological polar surface area (TPSA) is 65.2 Å². The van der Waals surface area contributed by atoms with Gasteiger partial charge >= 0.3 is 5.97 Å². The second kappa shape index (κ2) is 6.07. The van der Waals surface area contributed by atoms with E-state index in [9.17, 15) is 4.79 Å². The molecule has 2 heterocycles. The molecule has 0 atom stereocenters. The number of carbonyl (C=O) groups is 1. The first-order valence-corrected chi connectivity index (χ1v) is 7.28. The van der Waals surface area contributed by atoms with Crippen molar-refractivity contribution in [3.63, 3.8) is 0 Å². The lowest BCUT2D eigenvalue weighted by Crippen LogP contribution is -2.03. The van der Waals surface area contributed by atoms with E-state index in [4.69, 9.17) is 20.8 Å². The summed E-state index contributed by atoms with van der Waals surface area (Å²) in [5.41, 5.74) is 0.641. The molecule has 0 fully saturated rings. The van der Waals surface area contributed by atoms with Crippen molar-refractivity contribution >= 4 is 28.9 Å². The minimum atomic E-state index is -0.414. The average Bonchev–Trinajstić information content (AvgIpc) is 3.17. The molecule has 0 N–H and O–H groups in total. The van der Waals surface area contributed by atoms with Crippen molar-refractivity contribution in [3.05, 3.63) is 57.6 Å². The fraction of sp³-hybridized carbons (Fsp3) is 0.0714. The molecule has 0 saturated heterocycles. The number of rotatable bonds is 4. The zero-order valence-corrected chi connectivity index (χ0v) is 12.2. The predicted octanol–water partition coefficient (Wildman–Crippen LogP) is 3.81. The highest BCUT2D eigenvalue weighted by molar-refractivity contribution is 7.11. The van der Waals surface area contributed by atoms with Crippen molar-refractivity contribution in [1.82, 2.24) is 10.2 Å². The Morgan fingerprint density at radius 3 is 2.86 bits per heavy atom. The van der Waals surface area contributed by atoms with Crippen molar-refractivity contribution in [1.29, 1.82) is 0 Å². The summed E-state index contributed by atoms with van der Waals surface area (Å²) in [6, 6.07) is 10.6. The van der Waals surface area contributed by atoms with E-state index in [1.807, 2.05) is 12.1 Å². The summed E-state index contributed by atoms with van der Waals surface area (Å²) in [5.74, 6) is 0.0973. The Balaban J connectivity index is 1.69. The monoisotopic (exact) mass is 320 g/mol. The van der Waals surface area contributed by atoms with Crippen molar-refractivity contribution in [2.24, 2.45) is 0 Å². The Kier molecular flexibility index (Phi) is 3.98.